The van der Waals surface area contributed by atoms with E-state index < -0.39 is 6.10 Å². The highest BCUT2D eigenvalue weighted by molar-refractivity contribution is 5.87. The van der Waals surface area contributed by atoms with Gasteiger partial charge in [0, 0.05) is 11.6 Å². The van der Waals surface area contributed by atoms with Crippen LogP contribution in [-0.4, -0.2) is 39.3 Å². The summed E-state index contributed by atoms with van der Waals surface area (Å²) in [5.74, 6) is 1.98. The SMILES string of the molecule is COc1cc2c(cc1OC)C1=CCOC(C(C)=O)C1CO2. The van der Waals surface area contributed by atoms with Crippen molar-refractivity contribution in [3.8, 4) is 17.2 Å². The second-order valence-electron chi connectivity index (χ2n) is 5.14. The Bertz CT molecular complexity index is 605. The van der Waals surface area contributed by atoms with Crippen molar-refractivity contribution >= 4 is 11.4 Å². The number of ether oxygens (including phenoxy) is 4. The molecule has 0 radical (unpaired) electrons. The third kappa shape index (κ3) is 2.27. The van der Waals surface area contributed by atoms with Crippen LogP contribution in [0.3, 0.4) is 0 Å². The van der Waals surface area contributed by atoms with Gasteiger partial charge in [-0.15, -0.1) is 0 Å². The minimum atomic E-state index is -0.439. The Balaban J connectivity index is 2.06. The van der Waals surface area contributed by atoms with Crippen molar-refractivity contribution in [3.05, 3.63) is 23.8 Å². The Labute approximate surface area is 123 Å². The zero-order valence-corrected chi connectivity index (χ0v) is 12.3. The van der Waals surface area contributed by atoms with Crippen LogP contribution in [0.2, 0.25) is 0 Å². The van der Waals surface area contributed by atoms with Crippen LogP contribution < -0.4 is 14.2 Å². The summed E-state index contributed by atoms with van der Waals surface area (Å²) in [4.78, 5) is 11.7. The molecule has 0 bridgehead atoms. The number of methoxy groups -OCH3 is 2. The molecule has 0 saturated carbocycles. The molecule has 1 aromatic carbocycles. The number of benzene rings is 1. The molecule has 5 heteroatoms. The molecule has 3 rings (SSSR count). The molecular formula is C16H18O5. The molecule has 21 heavy (non-hydrogen) atoms. The molecule has 0 aliphatic carbocycles. The Morgan fingerprint density at radius 1 is 1.24 bits per heavy atom. The average molecular weight is 290 g/mol. The van der Waals surface area contributed by atoms with Crippen LogP contribution in [0.1, 0.15) is 12.5 Å². The van der Waals surface area contributed by atoms with Gasteiger partial charge in [0.2, 0.25) is 0 Å². The van der Waals surface area contributed by atoms with E-state index in [1.54, 1.807) is 21.1 Å². The first-order chi connectivity index (χ1) is 10.2. The number of carbonyl (C=O) groups excluding carboxylic acids is 1. The first kappa shape index (κ1) is 13.9. The van der Waals surface area contributed by atoms with E-state index in [4.69, 9.17) is 18.9 Å². The van der Waals surface area contributed by atoms with E-state index in [1.165, 1.54) is 0 Å². The van der Waals surface area contributed by atoms with Crippen molar-refractivity contribution in [1.82, 2.24) is 0 Å². The van der Waals surface area contributed by atoms with E-state index in [9.17, 15) is 4.79 Å². The lowest BCUT2D eigenvalue weighted by atomic mass is 9.83. The third-order valence-electron chi connectivity index (χ3n) is 3.96. The van der Waals surface area contributed by atoms with Gasteiger partial charge in [0.25, 0.3) is 0 Å². The highest BCUT2D eigenvalue weighted by Gasteiger charge is 2.37. The van der Waals surface area contributed by atoms with Gasteiger partial charge in [-0.2, -0.15) is 0 Å². The maximum absolute atomic E-state index is 11.7. The Hall–Kier alpha value is -2.01. The number of hydrogen-bond acceptors (Lipinski definition) is 5. The van der Waals surface area contributed by atoms with Crippen molar-refractivity contribution in [3.63, 3.8) is 0 Å². The lowest BCUT2D eigenvalue weighted by Crippen LogP contribution is -2.40. The summed E-state index contributed by atoms with van der Waals surface area (Å²) < 4.78 is 22.0. The minimum absolute atomic E-state index is 0.0260. The van der Waals surface area contributed by atoms with Crippen LogP contribution >= 0.6 is 0 Å². The van der Waals surface area contributed by atoms with Crippen molar-refractivity contribution in [1.29, 1.82) is 0 Å². The van der Waals surface area contributed by atoms with Crippen LogP contribution in [-0.2, 0) is 9.53 Å². The largest absolute Gasteiger partial charge is 0.493 e. The molecule has 1 aromatic rings. The molecule has 5 nitrogen and oxygen atoms in total. The van der Waals surface area contributed by atoms with E-state index in [1.807, 2.05) is 18.2 Å². The zero-order chi connectivity index (χ0) is 15.0. The van der Waals surface area contributed by atoms with Gasteiger partial charge in [-0.05, 0) is 18.6 Å². The first-order valence-electron chi connectivity index (χ1n) is 6.87. The topological polar surface area (TPSA) is 54.0 Å². The lowest BCUT2D eigenvalue weighted by molar-refractivity contribution is -0.131. The molecule has 2 heterocycles. The van der Waals surface area contributed by atoms with Crippen LogP contribution in [0.25, 0.3) is 5.57 Å². The molecule has 0 N–H and O–H groups in total. The van der Waals surface area contributed by atoms with Gasteiger partial charge >= 0.3 is 0 Å². The number of fused-ring (bicyclic) bond motifs is 3. The molecule has 0 amide bonds. The minimum Gasteiger partial charge on any atom is -0.493 e. The second-order valence-corrected chi connectivity index (χ2v) is 5.14. The average Bonchev–Trinajstić information content (AvgIpc) is 2.52. The molecular weight excluding hydrogens is 272 g/mol. The van der Waals surface area contributed by atoms with Crippen LogP contribution in [0.15, 0.2) is 18.2 Å². The number of ketones is 1. The fourth-order valence-electron chi connectivity index (χ4n) is 2.94. The summed E-state index contributed by atoms with van der Waals surface area (Å²) in [5.41, 5.74) is 2.03. The second kappa shape index (κ2) is 5.41. The normalized spacial score (nSPS) is 23.3. The molecule has 2 aliphatic heterocycles. The highest BCUT2D eigenvalue weighted by Crippen LogP contribution is 2.45. The standard InChI is InChI=1S/C16H18O5/c1-9(17)16-12-8-21-13-7-15(19-3)14(18-2)6-11(13)10(12)4-5-20-16/h4,6-7,12,16H,5,8H2,1-3H3. The smallest absolute Gasteiger partial charge is 0.164 e. The summed E-state index contributed by atoms with van der Waals surface area (Å²) in [6.07, 6.45) is 1.57. The maximum atomic E-state index is 11.7. The van der Waals surface area contributed by atoms with Crippen molar-refractivity contribution in [2.24, 2.45) is 5.92 Å². The Kier molecular flexibility index (Phi) is 3.59. The summed E-state index contributed by atoms with van der Waals surface area (Å²) in [5, 5.41) is 0. The Morgan fingerprint density at radius 2 is 1.95 bits per heavy atom. The third-order valence-corrected chi connectivity index (χ3v) is 3.96. The number of carbonyl (C=O) groups is 1. The predicted molar refractivity (Wildman–Crippen MR) is 76.9 cm³/mol. The molecule has 2 unspecified atom stereocenters. The van der Waals surface area contributed by atoms with E-state index in [0.29, 0.717) is 24.7 Å². The molecule has 2 atom stereocenters. The fraction of sp³-hybridized carbons (Fsp3) is 0.438. The molecule has 0 spiro atoms. The van der Waals surface area contributed by atoms with Crippen molar-refractivity contribution < 1.29 is 23.7 Å². The van der Waals surface area contributed by atoms with E-state index >= 15 is 0 Å². The first-order valence-corrected chi connectivity index (χ1v) is 6.87. The predicted octanol–water partition coefficient (Wildman–Crippen LogP) is 2.08. The molecule has 112 valence electrons. The Morgan fingerprint density at radius 3 is 2.62 bits per heavy atom. The quantitative estimate of drug-likeness (QED) is 0.853. The number of hydrogen-bond donors (Lipinski definition) is 0. The van der Waals surface area contributed by atoms with Crippen LogP contribution in [0, 0.1) is 5.92 Å². The van der Waals surface area contributed by atoms with E-state index in [2.05, 4.69) is 0 Å². The van der Waals surface area contributed by atoms with Gasteiger partial charge in [-0.25, -0.2) is 0 Å². The zero-order valence-electron chi connectivity index (χ0n) is 12.3. The van der Waals surface area contributed by atoms with Crippen LogP contribution in [0.5, 0.6) is 17.2 Å². The fourth-order valence-corrected chi connectivity index (χ4v) is 2.94. The lowest BCUT2D eigenvalue weighted by Gasteiger charge is -2.35. The van der Waals surface area contributed by atoms with Crippen molar-refractivity contribution in [2.45, 2.75) is 13.0 Å². The highest BCUT2D eigenvalue weighted by atomic mass is 16.5. The monoisotopic (exact) mass is 290 g/mol. The molecule has 0 fully saturated rings. The summed E-state index contributed by atoms with van der Waals surface area (Å²) in [7, 11) is 3.19. The van der Waals surface area contributed by atoms with Gasteiger partial charge in [-0.3, -0.25) is 4.79 Å². The summed E-state index contributed by atoms with van der Waals surface area (Å²) >= 11 is 0. The number of rotatable bonds is 3. The van der Waals surface area contributed by atoms with Crippen LogP contribution in [0.4, 0.5) is 0 Å². The maximum Gasteiger partial charge on any atom is 0.164 e. The summed E-state index contributed by atoms with van der Waals surface area (Å²) in [6.45, 7) is 2.42. The van der Waals surface area contributed by atoms with E-state index in [0.717, 1.165) is 16.9 Å². The van der Waals surface area contributed by atoms with Gasteiger partial charge in [0.15, 0.2) is 17.3 Å². The van der Waals surface area contributed by atoms with Gasteiger partial charge in [0.05, 0.1) is 33.4 Å². The van der Waals surface area contributed by atoms with Gasteiger partial charge in [0.1, 0.15) is 11.9 Å². The molecule has 0 saturated heterocycles. The van der Waals surface area contributed by atoms with Gasteiger partial charge < -0.3 is 18.9 Å². The molecule has 2 aliphatic rings. The van der Waals surface area contributed by atoms with Crippen molar-refractivity contribution in [2.75, 3.05) is 27.4 Å². The summed E-state index contributed by atoms with van der Waals surface area (Å²) in [6, 6.07) is 3.72. The van der Waals surface area contributed by atoms with E-state index in [-0.39, 0.29) is 11.7 Å². The van der Waals surface area contributed by atoms with Gasteiger partial charge in [-0.1, -0.05) is 6.08 Å². The number of Topliss-reactive ketones (excluding diaryl/α,β-unsaturated/α-hetero) is 1. The molecule has 0 aromatic heterocycles.